The summed E-state index contributed by atoms with van der Waals surface area (Å²) in [6.45, 7) is 3.65. The van der Waals surface area contributed by atoms with Crippen LogP contribution in [0.25, 0.3) is 11.3 Å². The second-order valence-electron chi connectivity index (χ2n) is 7.28. The smallest absolute Gasteiger partial charge is 0.186 e. The Hall–Kier alpha value is -1.98. The van der Waals surface area contributed by atoms with Crippen molar-refractivity contribution in [2.45, 2.75) is 37.8 Å². The van der Waals surface area contributed by atoms with Gasteiger partial charge in [-0.25, -0.2) is 4.39 Å². The average Bonchev–Trinajstić information content (AvgIpc) is 3.08. The van der Waals surface area contributed by atoms with E-state index < -0.39 is 0 Å². The fourth-order valence-corrected chi connectivity index (χ4v) is 4.31. The van der Waals surface area contributed by atoms with E-state index in [2.05, 4.69) is 15.2 Å². The number of rotatable bonds is 3. The van der Waals surface area contributed by atoms with Crippen LogP contribution >= 0.6 is 0 Å². The Kier molecular flexibility index (Phi) is 4.44. The molecule has 2 aromatic rings. The monoisotopic (exact) mass is 341 g/mol. The van der Waals surface area contributed by atoms with Crippen molar-refractivity contribution in [3.8, 4) is 11.3 Å². The van der Waals surface area contributed by atoms with Gasteiger partial charge < -0.3 is 10.3 Å². The minimum absolute atomic E-state index is 0.0182. The fraction of sp³-hybridized carbons (Fsp3) is 0.450. The van der Waals surface area contributed by atoms with E-state index in [-0.39, 0.29) is 16.8 Å². The highest BCUT2D eigenvalue weighted by atomic mass is 19.1. The zero-order valence-electron chi connectivity index (χ0n) is 14.4. The van der Waals surface area contributed by atoms with Gasteiger partial charge in [-0.05, 0) is 25.0 Å². The fourth-order valence-electron chi connectivity index (χ4n) is 4.31. The number of aromatic nitrogens is 1. The van der Waals surface area contributed by atoms with E-state index in [0.717, 1.165) is 25.2 Å². The highest BCUT2D eigenvalue weighted by Crippen LogP contribution is 2.36. The summed E-state index contributed by atoms with van der Waals surface area (Å²) >= 11 is 0. The summed E-state index contributed by atoms with van der Waals surface area (Å²) in [4.78, 5) is 18.3. The number of benzene rings is 1. The third kappa shape index (κ3) is 3.26. The molecule has 0 bridgehead atoms. The molecule has 1 aromatic carbocycles. The summed E-state index contributed by atoms with van der Waals surface area (Å²) in [6.07, 6.45) is 6.76. The minimum Gasteiger partial charge on any atom is -0.361 e. The van der Waals surface area contributed by atoms with E-state index in [9.17, 15) is 9.18 Å². The standard InChI is InChI=1S/C20H24FN3O/c21-17-5-3-4-15(10-17)18-11-19(25)16(12-23-18)13-24-9-8-22-14-20(24)6-1-2-7-20/h3-5,10-12,22H,1-2,6-9,13-14H2,(H,23,25). The van der Waals surface area contributed by atoms with Crippen LogP contribution in [0, 0.1) is 5.82 Å². The summed E-state index contributed by atoms with van der Waals surface area (Å²) in [5.74, 6) is -0.300. The van der Waals surface area contributed by atoms with Crippen molar-refractivity contribution in [1.29, 1.82) is 0 Å². The summed E-state index contributed by atoms with van der Waals surface area (Å²) in [7, 11) is 0. The van der Waals surface area contributed by atoms with Crippen LogP contribution < -0.4 is 10.7 Å². The van der Waals surface area contributed by atoms with Gasteiger partial charge in [-0.3, -0.25) is 9.69 Å². The zero-order chi connectivity index (χ0) is 17.3. The number of hydrogen-bond acceptors (Lipinski definition) is 3. The Balaban J connectivity index is 1.58. The summed E-state index contributed by atoms with van der Waals surface area (Å²) in [6, 6.07) is 7.89. The first-order valence-corrected chi connectivity index (χ1v) is 9.10. The molecule has 2 fully saturated rings. The lowest BCUT2D eigenvalue weighted by Crippen LogP contribution is -2.59. The molecule has 1 aromatic heterocycles. The first kappa shape index (κ1) is 16.5. The second kappa shape index (κ2) is 6.73. The molecule has 0 radical (unpaired) electrons. The number of H-pyrrole nitrogens is 1. The summed E-state index contributed by atoms with van der Waals surface area (Å²) in [5, 5.41) is 3.52. The Labute approximate surface area is 147 Å². The topological polar surface area (TPSA) is 48.1 Å². The van der Waals surface area contributed by atoms with Gasteiger partial charge in [0, 0.05) is 60.8 Å². The number of halogens is 1. The van der Waals surface area contributed by atoms with E-state index in [1.807, 2.05) is 0 Å². The lowest BCUT2D eigenvalue weighted by atomic mass is 9.92. The Bertz CT molecular complexity index is 811. The molecular weight excluding hydrogens is 317 g/mol. The summed E-state index contributed by atoms with van der Waals surface area (Å²) < 4.78 is 13.4. The lowest BCUT2D eigenvalue weighted by molar-refractivity contribution is 0.0569. The Morgan fingerprint density at radius 3 is 2.80 bits per heavy atom. The maximum atomic E-state index is 13.4. The molecule has 0 amide bonds. The minimum atomic E-state index is -0.300. The Morgan fingerprint density at radius 2 is 2.04 bits per heavy atom. The number of hydrogen-bond donors (Lipinski definition) is 2. The van der Waals surface area contributed by atoms with Crippen LogP contribution in [0.1, 0.15) is 31.2 Å². The van der Waals surface area contributed by atoms with E-state index >= 15 is 0 Å². The third-order valence-electron chi connectivity index (χ3n) is 5.71. The molecule has 2 heterocycles. The molecule has 0 atom stereocenters. The van der Waals surface area contributed by atoms with Crippen molar-refractivity contribution < 1.29 is 4.39 Å². The first-order valence-electron chi connectivity index (χ1n) is 9.10. The van der Waals surface area contributed by atoms with Crippen molar-refractivity contribution in [3.05, 3.63) is 58.1 Å². The van der Waals surface area contributed by atoms with Gasteiger partial charge in [0.2, 0.25) is 0 Å². The number of aromatic amines is 1. The molecule has 1 aliphatic heterocycles. The van der Waals surface area contributed by atoms with Gasteiger partial charge in [-0.1, -0.05) is 25.0 Å². The second-order valence-corrected chi connectivity index (χ2v) is 7.28. The quantitative estimate of drug-likeness (QED) is 0.902. The molecule has 0 unspecified atom stereocenters. The van der Waals surface area contributed by atoms with Gasteiger partial charge in [0.1, 0.15) is 5.82 Å². The zero-order valence-corrected chi connectivity index (χ0v) is 14.4. The lowest BCUT2D eigenvalue weighted by Gasteiger charge is -2.45. The Morgan fingerprint density at radius 1 is 1.20 bits per heavy atom. The SMILES string of the molecule is O=c1cc(-c2cccc(F)c2)[nH]cc1CN1CCNCC12CCCC2. The van der Waals surface area contributed by atoms with Gasteiger partial charge in [0.05, 0.1) is 0 Å². The van der Waals surface area contributed by atoms with Gasteiger partial charge >= 0.3 is 0 Å². The molecule has 4 nitrogen and oxygen atoms in total. The van der Waals surface area contributed by atoms with Crippen LogP contribution in [-0.4, -0.2) is 35.1 Å². The van der Waals surface area contributed by atoms with Crippen molar-refractivity contribution in [1.82, 2.24) is 15.2 Å². The number of nitrogens with zero attached hydrogens (tertiary/aromatic N) is 1. The number of nitrogens with one attached hydrogen (secondary N) is 2. The molecular formula is C20H24FN3O. The molecule has 1 aliphatic carbocycles. The van der Waals surface area contributed by atoms with Crippen LogP contribution in [0.5, 0.6) is 0 Å². The molecule has 1 spiro atoms. The predicted molar refractivity (Wildman–Crippen MR) is 96.9 cm³/mol. The third-order valence-corrected chi connectivity index (χ3v) is 5.71. The van der Waals surface area contributed by atoms with E-state index in [4.69, 9.17) is 0 Å². The van der Waals surface area contributed by atoms with Crippen molar-refractivity contribution in [3.63, 3.8) is 0 Å². The average molecular weight is 341 g/mol. The molecule has 2 aliphatic rings. The molecule has 2 N–H and O–H groups in total. The van der Waals surface area contributed by atoms with Crippen LogP contribution in [-0.2, 0) is 6.54 Å². The van der Waals surface area contributed by atoms with Crippen LogP contribution in [0.3, 0.4) is 0 Å². The molecule has 1 saturated heterocycles. The van der Waals surface area contributed by atoms with Crippen molar-refractivity contribution in [2.75, 3.05) is 19.6 Å². The first-order chi connectivity index (χ1) is 12.2. The van der Waals surface area contributed by atoms with Crippen LogP contribution in [0.4, 0.5) is 4.39 Å². The largest absolute Gasteiger partial charge is 0.361 e. The molecule has 25 heavy (non-hydrogen) atoms. The van der Waals surface area contributed by atoms with Crippen molar-refractivity contribution in [2.24, 2.45) is 0 Å². The molecule has 4 rings (SSSR count). The molecule has 132 valence electrons. The van der Waals surface area contributed by atoms with Crippen LogP contribution in [0.2, 0.25) is 0 Å². The number of piperazine rings is 1. The normalized spacial score (nSPS) is 20.2. The predicted octanol–water partition coefficient (Wildman–Crippen LogP) is 2.90. The highest BCUT2D eigenvalue weighted by Gasteiger charge is 2.41. The van der Waals surface area contributed by atoms with Crippen molar-refractivity contribution >= 4 is 0 Å². The maximum Gasteiger partial charge on any atom is 0.186 e. The van der Waals surface area contributed by atoms with Gasteiger partial charge in [0.15, 0.2) is 5.43 Å². The highest BCUT2D eigenvalue weighted by molar-refractivity contribution is 5.58. The molecule has 1 saturated carbocycles. The van der Waals surface area contributed by atoms with Crippen LogP contribution in [0.15, 0.2) is 41.3 Å². The summed E-state index contributed by atoms with van der Waals surface area (Å²) in [5.41, 5.74) is 2.37. The van der Waals surface area contributed by atoms with E-state index in [1.54, 1.807) is 24.4 Å². The maximum absolute atomic E-state index is 13.4. The van der Waals surface area contributed by atoms with Gasteiger partial charge in [-0.2, -0.15) is 0 Å². The number of pyridine rings is 1. The molecule has 5 heteroatoms. The van der Waals surface area contributed by atoms with Gasteiger partial charge in [0.25, 0.3) is 0 Å². The van der Waals surface area contributed by atoms with E-state index in [1.165, 1.54) is 37.8 Å². The van der Waals surface area contributed by atoms with Gasteiger partial charge in [-0.15, -0.1) is 0 Å². The van der Waals surface area contributed by atoms with E-state index in [0.29, 0.717) is 17.8 Å².